The molecule has 0 amide bonds. The molecule has 2 bridgehead atoms. The third-order valence-electron chi connectivity index (χ3n) is 7.70. The minimum Gasteiger partial charge on any atom is -0.409 e. The molecule has 3 fully saturated rings. The van der Waals surface area contributed by atoms with Crippen LogP contribution in [0.5, 0.6) is 5.75 Å². The molecule has 1 saturated carbocycles. The van der Waals surface area contributed by atoms with E-state index >= 15 is 0 Å². The topological polar surface area (TPSA) is 119 Å². The zero-order valence-corrected chi connectivity index (χ0v) is 21.0. The van der Waals surface area contributed by atoms with Crippen molar-refractivity contribution in [2.75, 3.05) is 4.90 Å². The molecule has 0 unspecified atom stereocenters. The van der Waals surface area contributed by atoms with E-state index in [-0.39, 0.29) is 47.9 Å². The van der Waals surface area contributed by atoms with E-state index in [0.29, 0.717) is 22.6 Å². The molecule has 2 aliphatic heterocycles. The van der Waals surface area contributed by atoms with Crippen LogP contribution in [-0.2, 0) is 11.3 Å². The fraction of sp³-hybridized carbons (Fsp3) is 0.444. The van der Waals surface area contributed by atoms with Crippen molar-refractivity contribution in [3.05, 3.63) is 59.5 Å². The maximum absolute atomic E-state index is 13.1. The predicted molar refractivity (Wildman–Crippen MR) is 134 cm³/mol. The van der Waals surface area contributed by atoms with E-state index in [1.807, 2.05) is 6.07 Å². The summed E-state index contributed by atoms with van der Waals surface area (Å²) in [7, 11) is 0. The predicted octanol–water partition coefficient (Wildman–Crippen LogP) is 5.32. The Bertz CT molecular complexity index is 1340. The van der Waals surface area contributed by atoms with Crippen molar-refractivity contribution in [3.63, 3.8) is 0 Å². The molecule has 0 radical (unpaired) electrons. The largest absolute Gasteiger partial charge is 0.573 e. The van der Waals surface area contributed by atoms with Gasteiger partial charge in [-0.2, -0.15) is 0 Å². The summed E-state index contributed by atoms with van der Waals surface area (Å²) in [6, 6.07) is 10.1. The van der Waals surface area contributed by atoms with Crippen molar-refractivity contribution in [1.82, 2.24) is 10.1 Å². The van der Waals surface area contributed by atoms with E-state index < -0.39 is 6.36 Å². The number of fused-ring (bicyclic) bond motifs is 2. The number of rotatable bonds is 8. The van der Waals surface area contributed by atoms with E-state index in [0.717, 1.165) is 44.3 Å². The molecule has 12 heteroatoms. The Balaban J connectivity index is 1.18. The average Bonchev–Trinajstić information content (AvgIpc) is 3.62. The first kappa shape index (κ1) is 25.5. The summed E-state index contributed by atoms with van der Waals surface area (Å²) in [6.45, 7) is 0.196. The van der Waals surface area contributed by atoms with Crippen LogP contribution in [0.25, 0.3) is 11.3 Å². The average molecular weight is 544 g/mol. The number of pyridine rings is 1. The lowest BCUT2D eigenvalue weighted by atomic mass is 9.99. The van der Waals surface area contributed by atoms with Gasteiger partial charge in [0.15, 0.2) is 5.84 Å². The van der Waals surface area contributed by atoms with Crippen molar-refractivity contribution in [3.8, 4) is 17.0 Å². The van der Waals surface area contributed by atoms with Gasteiger partial charge in [-0.05, 0) is 62.8 Å². The summed E-state index contributed by atoms with van der Waals surface area (Å²) in [5.41, 5.74) is 7.44. The number of nitrogens with two attached hydrogens (primary N) is 1. The molecule has 39 heavy (non-hydrogen) atoms. The van der Waals surface area contributed by atoms with Crippen LogP contribution in [0.1, 0.15) is 61.3 Å². The van der Waals surface area contributed by atoms with Crippen LogP contribution in [-0.4, -0.2) is 45.7 Å². The normalized spacial score (nSPS) is 23.3. The van der Waals surface area contributed by atoms with Gasteiger partial charge in [0.1, 0.15) is 23.0 Å². The summed E-state index contributed by atoms with van der Waals surface area (Å²) in [6.07, 6.45) is 2.28. The second kappa shape index (κ2) is 10.1. The molecule has 4 heterocycles. The summed E-state index contributed by atoms with van der Waals surface area (Å²) >= 11 is 0. The van der Waals surface area contributed by atoms with Crippen LogP contribution >= 0.6 is 0 Å². The fourth-order valence-electron chi connectivity index (χ4n) is 5.80. The zero-order valence-electron chi connectivity index (χ0n) is 21.0. The number of hydrogen-bond acceptors (Lipinski definition) is 8. The zero-order chi connectivity index (χ0) is 27.1. The summed E-state index contributed by atoms with van der Waals surface area (Å²) < 4.78 is 55.5. The molecule has 0 spiro atoms. The van der Waals surface area contributed by atoms with Crippen molar-refractivity contribution in [2.24, 2.45) is 10.9 Å². The number of aromatic nitrogens is 2. The lowest BCUT2D eigenvalue weighted by molar-refractivity contribution is -0.274. The maximum Gasteiger partial charge on any atom is 0.573 e. The summed E-state index contributed by atoms with van der Waals surface area (Å²) in [5, 5.41) is 16.1. The van der Waals surface area contributed by atoms with E-state index in [4.69, 9.17) is 20.2 Å². The number of hydrogen-bond donors (Lipinski definition) is 2. The Labute approximate surface area is 222 Å². The van der Waals surface area contributed by atoms with Gasteiger partial charge in [0.2, 0.25) is 0 Å². The number of alkyl halides is 3. The monoisotopic (exact) mass is 543 g/mol. The Morgan fingerprint density at radius 1 is 1.10 bits per heavy atom. The van der Waals surface area contributed by atoms with Crippen LogP contribution in [0.4, 0.5) is 19.0 Å². The third-order valence-corrected chi connectivity index (χ3v) is 7.70. The lowest BCUT2D eigenvalue weighted by Crippen LogP contribution is -2.46. The van der Waals surface area contributed by atoms with Crippen LogP contribution in [0.3, 0.4) is 0 Å². The summed E-state index contributed by atoms with van der Waals surface area (Å²) in [5.74, 6) is 1.42. The second-order valence-corrected chi connectivity index (χ2v) is 10.3. The molecule has 1 aromatic carbocycles. The quantitative estimate of drug-likeness (QED) is 0.170. The standard InChI is InChI=1S/C27H28F3N5O4/c28-27(29,30)38-22-4-2-1-3-20(22)24-21(25(39-34-24)15-5-6-15)14-37-19-11-17-8-9-18(12-19)35(17)23-10-7-16(13-32-23)26(31)33-36/h1-4,7,10,13,15,17-19,36H,5-6,8-9,11-12,14H2,(H2,31,33)/t17-,18+,19+. The van der Waals surface area contributed by atoms with Gasteiger partial charge in [-0.15, -0.1) is 13.2 Å². The molecule has 9 nitrogen and oxygen atoms in total. The minimum atomic E-state index is -4.82. The molecule has 3 N–H and O–H groups in total. The number of halogens is 3. The van der Waals surface area contributed by atoms with Crippen molar-refractivity contribution < 1.29 is 32.4 Å². The number of oxime groups is 1. The third kappa shape index (κ3) is 5.25. The van der Waals surface area contributed by atoms with Gasteiger partial charge >= 0.3 is 6.36 Å². The van der Waals surface area contributed by atoms with E-state index in [1.165, 1.54) is 12.1 Å². The Hall–Kier alpha value is -3.80. The molecule has 3 aliphatic rings. The van der Waals surface area contributed by atoms with E-state index in [1.54, 1.807) is 24.4 Å². The first-order chi connectivity index (χ1) is 18.8. The van der Waals surface area contributed by atoms with Crippen LogP contribution in [0.15, 0.2) is 52.3 Å². The smallest absolute Gasteiger partial charge is 0.409 e. The van der Waals surface area contributed by atoms with Crippen molar-refractivity contribution in [2.45, 2.75) is 75.6 Å². The molecule has 2 aromatic heterocycles. The highest BCUT2D eigenvalue weighted by Gasteiger charge is 2.42. The molecule has 1 aliphatic carbocycles. The molecule has 206 valence electrons. The molecule has 3 aromatic rings. The number of piperidine rings is 1. The van der Waals surface area contributed by atoms with Crippen LogP contribution < -0.4 is 15.4 Å². The second-order valence-electron chi connectivity index (χ2n) is 10.3. The molecular weight excluding hydrogens is 515 g/mol. The number of benzene rings is 1. The maximum atomic E-state index is 13.1. The Morgan fingerprint density at radius 2 is 1.85 bits per heavy atom. The van der Waals surface area contributed by atoms with E-state index in [9.17, 15) is 13.2 Å². The van der Waals surface area contributed by atoms with Gasteiger partial charge in [-0.3, -0.25) is 0 Å². The Kier molecular flexibility index (Phi) is 6.57. The summed E-state index contributed by atoms with van der Waals surface area (Å²) in [4.78, 5) is 6.86. The highest BCUT2D eigenvalue weighted by Crippen LogP contribution is 2.46. The lowest BCUT2D eigenvalue weighted by Gasteiger charge is -2.39. The van der Waals surface area contributed by atoms with Crippen molar-refractivity contribution >= 4 is 11.7 Å². The minimum absolute atomic E-state index is 0.00962. The number of ether oxygens (including phenoxy) is 2. The van der Waals surface area contributed by atoms with Gasteiger partial charge in [-0.25, -0.2) is 4.98 Å². The number of amidine groups is 1. The first-order valence-corrected chi connectivity index (χ1v) is 13.0. The van der Waals surface area contributed by atoms with Crippen LogP contribution in [0, 0.1) is 0 Å². The first-order valence-electron chi connectivity index (χ1n) is 13.0. The van der Waals surface area contributed by atoms with Gasteiger partial charge in [0.25, 0.3) is 0 Å². The number of para-hydroxylation sites is 1. The van der Waals surface area contributed by atoms with Gasteiger partial charge in [0.05, 0.1) is 12.7 Å². The molecule has 6 rings (SSSR count). The molecule has 3 atom stereocenters. The highest BCUT2D eigenvalue weighted by atomic mass is 19.4. The van der Waals surface area contributed by atoms with Gasteiger partial charge < -0.3 is 29.8 Å². The fourth-order valence-corrected chi connectivity index (χ4v) is 5.80. The molecule has 2 saturated heterocycles. The number of anilines is 1. The SMILES string of the molecule is N/C(=N\O)c1ccc(N2[C@@H]3CC[C@H]2C[C@@H](OCc2c(-c4ccccc4OC(F)(F)F)noc2C2CC2)C3)nc1. The van der Waals surface area contributed by atoms with Crippen LogP contribution in [0.2, 0.25) is 0 Å². The van der Waals surface area contributed by atoms with E-state index in [2.05, 4.69) is 24.9 Å². The van der Waals surface area contributed by atoms with Crippen molar-refractivity contribution in [1.29, 1.82) is 0 Å². The highest BCUT2D eigenvalue weighted by molar-refractivity contribution is 5.96. The molecular formula is C27H28F3N5O4. The number of nitrogens with zero attached hydrogens (tertiary/aromatic N) is 4. The Morgan fingerprint density at radius 3 is 2.49 bits per heavy atom. The van der Waals surface area contributed by atoms with Gasteiger partial charge in [-0.1, -0.05) is 22.4 Å². The van der Waals surface area contributed by atoms with Gasteiger partial charge in [0, 0.05) is 40.9 Å².